The van der Waals surface area contributed by atoms with Crippen LogP contribution < -0.4 is 10.1 Å². The molecular weight excluding hydrogens is 407 g/mol. The molecule has 0 saturated carbocycles. The number of benzene rings is 2. The fourth-order valence-corrected chi connectivity index (χ4v) is 4.52. The van der Waals surface area contributed by atoms with Crippen LogP contribution in [0.1, 0.15) is 36.8 Å². The van der Waals surface area contributed by atoms with Gasteiger partial charge in [-0.1, -0.05) is 30.3 Å². The van der Waals surface area contributed by atoms with Crippen molar-refractivity contribution in [2.75, 3.05) is 20.2 Å². The van der Waals surface area contributed by atoms with E-state index in [1.807, 2.05) is 48.5 Å². The Morgan fingerprint density at radius 2 is 1.94 bits per heavy atom. The number of aryl methyl sites for hydroxylation is 1. The number of hydrogen-bond acceptors (Lipinski definition) is 5. The molecule has 32 heavy (non-hydrogen) atoms. The predicted octanol–water partition coefficient (Wildman–Crippen LogP) is 4.82. The van der Waals surface area contributed by atoms with Crippen LogP contribution in [0.5, 0.6) is 5.75 Å². The van der Waals surface area contributed by atoms with Crippen LogP contribution in [-0.2, 0) is 22.6 Å². The Hall–Kier alpha value is -2.99. The number of halogens is 1. The number of esters is 1. The van der Waals surface area contributed by atoms with Crippen molar-refractivity contribution in [1.82, 2.24) is 10.3 Å². The van der Waals surface area contributed by atoms with Gasteiger partial charge >= 0.3 is 5.97 Å². The number of rotatable bonds is 8. The van der Waals surface area contributed by atoms with Gasteiger partial charge in [0.1, 0.15) is 18.2 Å². The van der Waals surface area contributed by atoms with E-state index in [1.165, 1.54) is 6.20 Å². The van der Waals surface area contributed by atoms with E-state index in [0.29, 0.717) is 30.6 Å². The first-order chi connectivity index (χ1) is 15.6. The maximum absolute atomic E-state index is 14.7. The molecule has 6 heteroatoms. The molecule has 1 aromatic heterocycles. The van der Waals surface area contributed by atoms with Crippen LogP contribution in [0, 0.1) is 11.2 Å². The number of pyridine rings is 1. The molecule has 5 nitrogen and oxygen atoms in total. The van der Waals surface area contributed by atoms with Crippen molar-refractivity contribution in [1.29, 1.82) is 0 Å². The van der Waals surface area contributed by atoms with Crippen LogP contribution >= 0.6 is 0 Å². The second-order valence-electron chi connectivity index (χ2n) is 8.41. The molecule has 1 saturated heterocycles. The van der Waals surface area contributed by atoms with Crippen LogP contribution in [-0.4, -0.2) is 31.2 Å². The minimum atomic E-state index is -0.531. The van der Waals surface area contributed by atoms with Crippen LogP contribution in [0.3, 0.4) is 0 Å². The zero-order valence-corrected chi connectivity index (χ0v) is 18.4. The standard InChI is InChI=1S/C26H29FN2O3/c1-31-20-9-10-24-22(16-20)21(23(27)17-29-24)8-5-11-26(12-14-28-15-13-26)25(30)32-18-19-6-3-2-4-7-19/h2-4,6-7,9-10,16-17,28H,5,8,11-15,18H2,1H3. The second kappa shape index (κ2) is 10.1. The first kappa shape index (κ1) is 22.2. The summed E-state index contributed by atoms with van der Waals surface area (Å²) >= 11 is 0. The van der Waals surface area contributed by atoms with Crippen LogP contribution in [0.2, 0.25) is 0 Å². The van der Waals surface area contributed by atoms with Crippen molar-refractivity contribution in [2.45, 2.75) is 38.7 Å². The summed E-state index contributed by atoms with van der Waals surface area (Å²) < 4.78 is 25.7. The lowest BCUT2D eigenvalue weighted by Crippen LogP contribution is -2.43. The summed E-state index contributed by atoms with van der Waals surface area (Å²) in [6.45, 7) is 1.84. The van der Waals surface area contributed by atoms with Gasteiger partial charge in [-0.15, -0.1) is 0 Å². The zero-order valence-electron chi connectivity index (χ0n) is 18.4. The van der Waals surface area contributed by atoms with Gasteiger partial charge in [-0.3, -0.25) is 9.78 Å². The van der Waals surface area contributed by atoms with E-state index in [-0.39, 0.29) is 18.4 Å². The van der Waals surface area contributed by atoms with Gasteiger partial charge in [-0.05, 0) is 74.5 Å². The molecule has 1 aliphatic rings. The highest BCUT2D eigenvalue weighted by atomic mass is 19.1. The van der Waals surface area contributed by atoms with E-state index in [1.54, 1.807) is 7.11 Å². The van der Waals surface area contributed by atoms with Gasteiger partial charge in [0.2, 0.25) is 0 Å². The summed E-state index contributed by atoms with van der Waals surface area (Å²) in [5.41, 5.74) is 1.80. The average molecular weight is 437 g/mol. The highest BCUT2D eigenvalue weighted by Gasteiger charge is 2.40. The maximum Gasteiger partial charge on any atom is 0.312 e. The predicted molar refractivity (Wildman–Crippen MR) is 122 cm³/mol. The lowest BCUT2D eigenvalue weighted by atomic mass is 9.74. The van der Waals surface area contributed by atoms with Crippen molar-refractivity contribution < 1.29 is 18.7 Å². The quantitative estimate of drug-likeness (QED) is 0.513. The SMILES string of the molecule is COc1ccc2ncc(F)c(CCCC3(C(=O)OCc4ccccc4)CCNCC3)c2c1. The number of fused-ring (bicyclic) bond motifs is 1. The normalized spacial score (nSPS) is 15.4. The Balaban J connectivity index is 1.47. The lowest BCUT2D eigenvalue weighted by Gasteiger charge is -2.35. The number of nitrogens with one attached hydrogen (secondary N) is 1. The molecule has 168 valence electrons. The van der Waals surface area contributed by atoms with Crippen molar-refractivity contribution in [3.63, 3.8) is 0 Å². The molecule has 2 aromatic carbocycles. The molecule has 1 aliphatic heterocycles. The van der Waals surface area contributed by atoms with Crippen molar-refractivity contribution in [3.8, 4) is 5.75 Å². The number of carbonyl (C=O) groups excluding carboxylic acids is 1. The van der Waals surface area contributed by atoms with Crippen LogP contribution in [0.4, 0.5) is 4.39 Å². The monoisotopic (exact) mass is 436 g/mol. The van der Waals surface area contributed by atoms with Gasteiger partial charge in [0.15, 0.2) is 0 Å². The summed E-state index contributed by atoms with van der Waals surface area (Å²) in [4.78, 5) is 17.3. The fourth-order valence-electron chi connectivity index (χ4n) is 4.52. The molecule has 1 fully saturated rings. The number of piperidine rings is 1. The van der Waals surface area contributed by atoms with E-state index in [2.05, 4.69) is 10.3 Å². The number of hydrogen-bond donors (Lipinski definition) is 1. The molecule has 0 atom stereocenters. The minimum absolute atomic E-state index is 0.149. The smallest absolute Gasteiger partial charge is 0.312 e. The largest absolute Gasteiger partial charge is 0.497 e. The van der Waals surface area contributed by atoms with E-state index in [0.717, 1.165) is 42.4 Å². The highest BCUT2D eigenvalue weighted by Crippen LogP contribution is 2.37. The Morgan fingerprint density at radius 1 is 1.16 bits per heavy atom. The topological polar surface area (TPSA) is 60.5 Å². The first-order valence-corrected chi connectivity index (χ1v) is 11.1. The summed E-state index contributed by atoms with van der Waals surface area (Å²) in [6, 6.07) is 15.2. The summed E-state index contributed by atoms with van der Waals surface area (Å²) in [5.74, 6) is 0.201. The third kappa shape index (κ3) is 4.91. The van der Waals surface area contributed by atoms with Gasteiger partial charge < -0.3 is 14.8 Å². The van der Waals surface area contributed by atoms with Crippen molar-refractivity contribution in [2.24, 2.45) is 5.41 Å². The zero-order chi connectivity index (χ0) is 22.4. The molecule has 0 spiro atoms. The third-order valence-corrected chi connectivity index (χ3v) is 6.42. The minimum Gasteiger partial charge on any atom is -0.497 e. The Kier molecular flexibility index (Phi) is 7.00. The molecule has 0 radical (unpaired) electrons. The second-order valence-corrected chi connectivity index (χ2v) is 8.41. The van der Waals surface area contributed by atoms with Gasteiger partial charge in [0.25, 0.3) is 0 Å². The number of nitrogens with zero attached hydrogens (tertiary/aromatic N) is 1. The molecule has 0 unspecified atom stereocenters. The maximum atomic E-state index is 14.7. The Bertz CT molecular complexity index is 1070. The Morgan fingerprint density at radius 3 is 2.69 bits per heavy atom. The third-order valence-electron chi connectivity index (χ3n) is 6.42. The van der Waals surface area contributed by atoms with Crippen molar-refractivity contribution >= 4 is 16.9 Å². The van der Waals surface area contributed by atoms with E-state index in [4.69, 9.17) is 9.47 Å². The van der Waals surface area contributed by atoms with Crippen LogP contribution in [0.25, 0.3) is 10.9 Å². The fraction of sp³-hybridized carbons (Fsp3) is 0.385. The van der Waals surface area contributed by atoms with E-state index < -0.39 is 5.41 Å². The van der Waals surface area contributed by atoms with Crippen LogP contribution in [0.15, 0.2) is 54.7 Å². The molecule has 3 aromatic rings. The molecule has 0 bridgehead atoms. The first-order valence-electron chi connectivity index (χ1n) is 11.1. The van der Waals surface area contributed by atoms with Gasteiger partial charge in [-0.25, -0.2) is 4.39 Å². The molecule has 2 heterocycles. The molecule has 4 rings (SSSR count). The van der Waals surface area contributed by atoms with Gasteiger partial charge in [-0.2, -0.15) is 0 Å². The van der Waals surface area contributed by atoms with Crippen molar-refractivity contribution in [3.05, 3.63) is 71.7 Å². The number of methoxy groups -OCH3 is 1. The van der Waals surface area contributed by atoms with Gasteiger partial charge in [0.05, 0.1) is 24.2 Å². The number of carbonyl (C=O) groups is 1. The molecule has 1 N–H and O–H groups in total. The lowest BCUT2D eigenvalue weighted by molar-refractivity contribution is -0.159. The summed E-state index contributed by atoms with van der Waals surface area (Å²) in [6.07, 6.45) is 4.61. The summed E-state index contributed by atoms with van der Waals surface area (Å²) in [7, 11) is 1.59. The summed E-state index contributed by atoms with van der Waals surface area (Å²) in [5, 5.41) is 4.09. The molecular formula is C26H29FN2O3. The number of ether oxygens (including phenoxy) is 2. The van der Waals surface area contributed by atoms with E-state index in [9.17, 15) is 9.18 Å². The van der Waals surface area contributed by atoms with E-state index >= 15 is 0 Å². The average Bonchev–Trinajstić information content (AvgIpc) is 2.84. The Labute approximate surface area is 188 Å². The molecule has 0 aliphatic carbocycles. The molecule has 0 amide bonds. The van der Waals surface area contributed by atoms with Gasteiger partial charge in [0, 0.05) is 5.39 Å². The highest BCUT2D eigenvalue weighted by molar-refractivity contribution is 5.83. The number of aromatic nitrogens is 1.